The molecule has 2 aromatic rings. The standard InChI is InChI=1S/C21H22N2O4/c1-21(2)11-10-18(24)23(3)17-12-15(8-9-16(17)21)22-19(25)13-4-6-14(7-5-13)20(26)27/h4-9,12H,10-11H2,1-3H3,(H,22,25)(H,26,27). The smallest absolute Gasteiger partial charge is 0.335 e. The highest BCUT2D eigenvalue weighted by atomic mass is 16.4. The van der Waals surface area contributed by atoms with Crippen LogP contribution in [-0.2, 0) is 10.2 Å². The Balaban J connectivity index is 1.88. The lowest BCUT2D eigenvalue weighted by atomic mass is 9.80. The van der Waals surface area contributed by atoms with Crippen molar-refractivity contribution in [3.05, 3.63) is 59.2 Å². The first-order valence-corrected chi connectivity index (χ1v) is 8.75. The SMILES string of the molecule is CN1C(=O)CCC(C)(C)c2ccc(NC(=O)c3ccc(C(=O)O)cc3)cc21. The summed E-state index contributed by atoms with van der Waals surface area (Å²) in [5.41, 5.74) is 2.79. The molecule has 3 rings (SSSR count). The number of nitrogens with one attached hydrogen (secondary N) is 1. The predicted molar refractivity (Wildman–Crippen MR) is 103 cm³/mol. The van der Waals surface area contributed by atoms with E-state index < -0.39 is 5.97 Å². The quantitative estimate of drug-likeness (QED) is 0.868. The summed E-state index contributed by atoms with van der Waals surface area (Å²) in [6, 6.07) is 11.3. The van der Waals surface area contributed by atoms with E-state index in [9.17, 15) is 14.4 Å². The van der Waals surface area contributed by atoms with E-state index in [1.54, 1.807) is 11.9 Å². The third kappa shape index (κ3) is 3.69. The molecule has 0 saturated carbocycles. The summed E-state index contributed by atoms with van der Waals surface area (Å²) in [6.07, 6.45) is 1.25. The summed E-state index contributed by atoms with van der Waals surface area (Å²) in [7, 11) is 1.75. The van der Waals surface area contributed by atoms with Gasteiger partial charge in [0.1, 0.15) is 0 Å². The largest absolute Gasteiger partial charge is 0.478 e. The molecule has 1 aliphatic rings. The maximum atomic E-state index is 12.5. The molecule has 0 spiro atoms. The van der Waals surface area contributed by atoms with Gasteiger partial charge in [0.05, 0.1) is 5.56 Å². The molecule has 0 unspecified atom stereocenters. The van der Waals surface area contributed by atoms with Gasteiger partial charge in [-0.15, -0.1) is 0 Å². The van der Waals surface area contributed by atoms with E-state index in [4.69, 9.17) is 5.11 Å². The van der Waals surface area contributed by atoms with Crippen LogP contribution in [0.1, 0.15) is 53.0 Å². The Morgan fingerprint density at radius 2 is 1.70 bits per heavy atom. The van der Waals surface area contributed by atoms with Crippen LogP contribution < -0.4 is 10.2 Å². The van der Waals surface area contributed by atoms with Gasteiger partial charge in [-0.3, -0.25) is 9.59 Å². The lowest BCUT2D eigenvalue weighted by Crippen LogP contribution is -2.25. The Kier molecular flexibility index (Phi) is 4.74. The van der Waals surface area contributed by atoms with Gasteiger partial charge < -0.3 is 15.3 Å². The Morgan fingerprint density at radius 1 is 1.07 bits per heavy atom. The van der Waals surface area contributed by atoms with Crippen LogP contribution in [-0.4, -0.2) is 29.9 Å². The van der Waals surface area contributed by atoms with Gasteiger partial charge in [0.25, 0.3) is 5.91 Å². The number of carboxylic acid groups (broad SMARTS) is 1. The van der Waals surface area contributed by atoms with E-state index in [0.29, 0.717) is 17.7 Å². The topological polar surface area (TPSA) is 86.7 Å². The molecule has 1 aliphatic heterocycles. The number of nitrogens with zero attached hydrogens (tertiary/aromatic N) is 1. The fourth-order valence-corrected chi connectivity index (χ4v) is 3.28. The maximum Gasteiger partial charge on any atom is 0.335 e. The van der Waals surface area contributed by atoms with Crippen molar-refractivity contribution in [3.63, 3.8) is 0 Å². The molecule has 6 heteroatoms. The third-order valence-corrected chi connectivity index (χ3v) is 5.08. The fraction of sp³-hybridized carbons (Fsp3) is 0.286. The highest BCUT2D eigenvalue weighted by Gasteiger charge is 2.31. The zero-order valence-electron chi connectivity index (χ0n) is 15.6. The van der Waals surface area contributed by atoms with Crippen molar-refractivity contribution in [2.24, 2.45) is 0 Å². The van der Waals surface area contributed by atoms with Crippen LogP contribution in [0.5, 0.6) is 0 Å². The van der Waals surface area contributed by atoms with Gasteiger partial charge >= 0.3 is 5.97 Å². The van der Waals surface area contributed by atoms with Gasteiger partial charge in [0, 0.05) is 30.4 Å². The van der Waals surface area contributed by atoms with Crippen LogP contribution in [0.3, 0.4) is 0 Å². The summed E-state index contributed by atoms with van der Waals surface area (Å²) >= 11 is 0. The first-order chi connectivity index (χ1) is 12.7. The summed E-state index contributed by atoms with van der Waals surface area (Å²) in [5, 5.41) is 11.8. The number of carboxylic acids is 1. The maximum absolute atomic E-state index is 12.5. The summed E-state index contributed by atoms with van der Waals surface area (Å²) in [6.45, 7) is 4.22. The van der Waals surface area contributed by atoms with Gasteiger partial charge in [-0.25, -0.2) is 4.79 Å². The molecule has 0 bridgehead atoms. The Hall–Kier alpha value is -3.15. The first kappa shape index (κ1) is 18.6. The number of rotatable bonds is 3. The lowest BCUT2D eigenvalue weighted by Gasteiger charge is -2.26. The average Bonchev–Trinajstić information content (AvgIpc) is 2.72. The summed E-state index contributed by atoms with van der Waals surface area (Å²) in [5.74, 6) is -1.33. The van der Waals surface area contributed by atoms with Gasteiger partial charge in [0.2, 0.25) is 5.91 Å². The minimum Gasteiger partial charge on any atom is -0.478 e. The molecule has 0 saturated heterocycles. The van der Waals surface area contributed by atoms with E-state index in [1.807, 2.05) is 18.2 Å². The number of carbonyl (C=O) groups excluding carboxylic acids is 2. The molecular weight excluding hydrogens is 344 g/mol. The van der Waals surface area contributed by atoms with E-state index >= 15 is 0 Å². The normalized spacial score (nSPS) is 15.7. The number of fused-ring (bicyclic) bond motifs is 1. The highest BCUT2D eigenvalue weighted by Crippen LogP contribution is 2.40. The second kappa shape index (κ2) is 6.87. The monoisotopic (exact) mass is 366 g/mol. The fourth-order valence-electron chi connectivity index (χ4n) is 3.28. The second-order valence-electron chi connectivity index (χ2n) is 7.41. The number of aromatic carboxylic acids is 1. The van der Waals surface area contributed by atoms with Crippen molar-refractivity contribution >= 4 is 29.2 Å². The summed E-state index contributed by atoms with van der Waals surface area (Å²) in [4.78, 5) is 37.3. The van der Waals surface area contributed by atoms with Crippen molar-refractivity contribution in [1.29, 1.82) is 0 Å². The molecule has 0 atom stereocenters. The van der Waals surface area contributed by atoms with E-state index in [1.165, 1.54) is 24.3 Å². The van der Waals surface area contributed by atoms with Crippen LogP contribution in [0, 0.1) is 0 Å². The van der Waals surface area contributed by atoms with Crippen LogP contribution >= 0.6 is 0 Å². The molecular formula is C21H22N2O4. The number of anilines is 2. The zero-order valence-corrected chi connectivity index (χ0v) is 15.6. The van der Waals surface area contributed by atoms with Gasteiger partial charge in [-0.1, -0.05) is 19.9 Å². The Bertz CT molecular complexity index is 916. The first-order valence-electron chi connectivity index (χ1n) is 8.75. The van der Waals surface area contributed by atoms with Crippen LogP contribution in [0.15, 0.2) is 42.5 Å². The molecule has 2 N–H and O–H groups in total. The van der Waals surface area contributed by atoms with Gasteiger partial charge in [-0.05, 0) is 53.8 Å². The second-order valence-corrected chi connectivity index (χ2v) is 7.41. The van der Waals surface area contributed by atoms with E-state index in [0.717, 1.165) is 17.7 Å². The average molecular weight is 366 g/mol. The van der Waals surface area contributed by atoms with Crippen molar-refractivity contribution in [2.45, 2.75) is 32.1 Å². The molecule has 2 amide bonds. The minimum absolute atomic E-state index is 0.0505. The van der Waals surface area contributed by atoms with Crippen LogP contribution in [0.4, 0.5) is 11.4 Å². The molecule has 140 valence electrons. The minimum atomic E-state index is -1.04. The molecule has 0 aliphatic carbocycles. The third-order valence-electron chi connectivity index (χ3n) is 5.08. The Morgan fingerprint density at radius 3 is 2.33 bits per heavy atom. The van der Waals surface area contributed by atoms with Gasteiger partial charge in [0.15, 0.2) is 0 Å². The summed E-state index contributed by atoms with van der Waals surface area (Å²) < 4.78 is 0. The number of hydrogen-bond donors (Lipinski definition) is 2. The molecule has 0 fully saturated rings. The van der Waals surface area contributed by atoms with Crippen molar-refractivity contribution in [3.8, 4) is 0 Å². The molecule has 1 heterocycles. The Labute approximate surface area is 157 Å². The van der Waals surface area contributed by atoms with Crippen molar-refractivity contribution in [2.75, 3.05) is 17.3 Å². The van der Waals surface area contributed by atoms with E-state index in [-0.39, 0.29) is 22.8 Å². The predicted octanol–water partition coefficient (Wildman–Crippen LogP) is 3.67. The molecule has 0 aromatic heterocycles. The zero-order chi connectivity index (χ0) is 19.8. The van der Waals surface area contributed by atoms with Crippen LogP contribution in [0.2, 0.25) is 0 Å². The number of amides is 2. The number of carbonyl (C=O) groups is 3. The van der Waals surface area contributed by atoms with Crippen molar-refractivity contribution < 1.29 is 19.5 Å². The lowest BCUT2D eigenvalue weighted by molar-refractivity contribution is -0.118. The van der Waals surface area contributed by atoms with Crippen molar-refractivity contribution in [1.82, 2.24) is 0 Å². The van der Waals surface area contributed by atoms with E-state index in [2.05, 4.69) is 19.2 Å². The number of hydrogen-bond acceptors (Lipinski definition) is 3. The molecule has 27 heavy (non-hydrogen) atoms. The van der Waals surface area contributed by atoms with Crippen LogP contribution in [0.25, 0.3) is 0 Å². The molecule has 0 radical (unpaired) electrons. The molecule has 6 nitrogen and oxygen atoms in total. The number of benzene rings is 2. The van der Waals surface area contributed by atoms with Gasteiger partial charge in [-0.2, -0.15) is 0 Å². The molecule has 2 aromatic carbocycles. The highest BCUT2D eigenvalue weighted by molar-refractivity contribution is 6.05.